The third-order valence-electron chi connectivity index (χ3n) is 21.9. The summed E-state index contributed by atoms with van der Waals surface area (Å²) in [4.78, 5) is 10.00. The Morgan fingerprint density at radius 1 is 0.167 bits per heavy atom. The topological polar surface area (TPSA) is 45.5 Å². The summed E-state index contributed by atoms with van der Waals surface area (Å²) in [5.74, 6) is 0.904. The number of para-hydroxylation sites is 4. The molecule has 0 aliphatic carbocycles. The van der Waals surface area contributed by atoms with Gasteiger partial charge in [0.25, 0.3) is 0 Å². The molecule has 6 aromatic heterocycles. The van der Waals surface area contributed by atoms with E-state index in [2.05, 4.69) is 394 Å². The number of pyridine rings is 2. The van der Waals surface area contributed by atoms with Crippen molar-refractivity contribution in [3.8, 4) is 89.9 Å². The highest BCUT2D eigenvalue weighted by Crippen LogP contribution is 2.43. The lowest BCUT2D eigenvalue weighted by molar-refractivity contribution is 1.08. The lowest BCUT2D eigenvalue weighted by Crippen LogP contribution is -1.98. The highest BCUT2D eigenvalue weighted by Gasteiger charge is 2.21. The molecular weight excluding hydrogens is 1310 g/mol. The van der Waals surface area contributed by atoms with Crippen LogP contribution >= 0.6 is 0 Å². The van der Waals surface area contributed by atoms with Gasteiger partial charge in [0, 0.05) is 83.0 Å². The summed E-state index contributed by atoms with van der Waals surface area (Å²) in [5, 5.41) is 14.9. The summed E-state index contributed by atoms with van der Waals surface area (Å²) < 4.78 is 9.49. The number of benzene rings is 16. The van der Waals surface area contributed by atoms with Crippen molar-refractivity contribution in [3.63, 3.8) is 0 Å². The van der Waals surface area contributed by atoms with Gasteiger partial charge in [-0.3, -0.25) is 9.55 Å². The van der Waals surface area contributed by atoms with Gasteiger partial charge in [-0.1, -0.05) is 267 Å². The van der Waals surface area contributed by atoms with E-state index in [-0.39, 0.29) is 0 Å². The quantitative estimate of drug-likeness (QED) is 0.137. The van der Waals surface area contributed by atoms with Crippen LogP contribution in [0.5, 0.6) is 0 Å². The summed E-state index contributed by atoms with van der Waals surface area (Å²) in [6.45, 7) is 0. The van der Waals surface area contributed by atoms with Gasteiger partial charge in [0.1, 0.15) is 5.82 Å². The summed E-state index contributed by atoms with van der Waals surface area (Å²) in [6.07, 6.45) is 1.97. The molecule has 0 bridgehead atoms. The fourth-order valence-electron chi connectivity index (χ4n) is 16.6. The van der Waals surface area contributed by atoms with Crippen molar-refractivity contribution in [1.82, 2.24) is 28.2 Å². The van der Waals surface area contributed by atoms with Gasteiger partial charge in [-0.15, -0.1) is 0 Å². The van der Waals surface area contributed by atoms with E-state index in [4.69, 9.17) is 9.97 Å². The molecule has 0 unspecified atom stereocenters. The van der Waals surface area contributed by atoms with Crippen LogP contribution in [-0.2, 0) is 0 Å². The van der Waals surface area contributed by atoms with Crippen LogP contribution < -0.4 is 0 Å². The largest absolute Gasteiger partial charge is 0.309 e. The van der Waals surface area contributed by atoms with E-state index in [1.807, 2.05) is 24.4 Å². The van der Waals surface area contributed by atoms with Crippen LogP contribution in [0.15, 0.2) is 401 Å². The molecule has 22 aromatic rings. The molecule has 6 heterocycles. The van der Waals surface area contributed by atoms with Gasteiger partial charge in [-0.25, -0.2) is 4.98 Å². The van der Waals surface area contributed by atoms with Gasteiger partial charge in [0.15, 0.2) is 0 Å². The maximum absolute atomic E-state index is 5.24. The summed E-state index contributed by atoms with van der Waals surface area (Å²) in [5.41, 5.74) is 26.6. The fraction of sp³-hybridized carbons (Fsp3) is 0. The molecule has 6 nitrogen and oxygen atoms in total. The van der Waals surface area contributed by atoms with E-state index in [1.54, 1.807) is 0 Å². The first-order valence-corrected chi connectivity index (χ1v) is 36.9. The van der Waals surface area contributed by atoms with Crippen LogP contribution in [0.4, 0.5) is 0 Å². The Bertz CT molecular complexity index is 7260. The second kappa shape index (κ2) is 25.7. The maximum Gasteiger partial charge on any atom is 0.138 e. The Hall–Kier alpha value is -14.5. The van der Waals surface area contributed by atoms with Gasteiger partial charge < -0.3 is 13.7 Å². The molecule has 0 radical (unpaired) electrons. The molecule has 0 aliphatic heterocycles. The molecule has 0 saturated carbocycles. The fourth-order valence-corrected chi connectivity index (χ4v) is 16.6. The minimum absolute atomic E-state index is 0.904. The van der Waals surface area contributed by atoms with E-state index < -0.39 is 0 Å². The third kappa shape index (κ3) is 10.6. The molecule has 0 spiro atoms. The number of hydrogen-bond acceptors (Lipinski definition) is 2. The molecule has 0 amide bonds. The Morgan fingerprint density at radius 3 is 0.954 bits per heavy atom. The van der Waals surface area contributed by atoms with Crippen LogP contribution in [-0.4, -0.2) is 28.2 Å². The maximum atomic E-state index is 5.24. The van der Waals surface area contributed by atoms with Crippen molar-refractivity contribution < 1.29 is 0 Å². The number of hydrogen-bond donors (Lipinski definition) is 0. The van der Waals surface area contributed by atoms with Crippen LogP contribution in [0.2, 0.25) is 0 Å². The zero-order chi connectivity index (χ0) is 71.2. The van der Waals surface area contributed by atoms with Gasteiger partial charge in [-0.05, 0) is 188 Å². The van der Waals surface area contributed by atoms with Crippen LogP contribution in [0.3, 0.4) is 0 Å². The molecule has 22 rings (SSSR count). The average molecular weight is 1380 g/mol. The van der Waals surface area contributed by atoms with Crippen molar-refractivity contribution in [2.24, 2.45) is 0 Å². The predicted molar refractivity (Wildman–Crippen MR) is 453 cm³/mol. The van der Waals surface area contributed by atoms with E-state index in [9.17, 15) is 0 Å². The molecule has 0 atom stereocenters. The van der Waals surface area contributed by atoms with Crippen molar-refractivity contribution in [2.45, 2.75) is 0 Å². The third-order valence-corrected chi connectivity index (χ3v) is 21.9. The number of aromatic nitrogens is 6. The number of rotatable bonds is 10. The van der Waals surface area contributed by atoms with Crippen molar-refractivity contribution >= 4 is 109 Å². The molecule has 504 valence electrons. The zero-order valence-electron chi connectivity index (χ0n) is 58.8. The average Bonchev–Trinajstić information content (AvgIpc) is 1.60. The highest BCUT2D eigenvalue weighted by atomic mass is 15.1. The molecule has 0 saturated heterocycles. The first kappa shape index (κ1) is 62.1. The Balaban J connectivity index is 0.000000138. The summed E-state index contributed by atoms with van der Waals surface area (Å²) >= 11 is 0. The lowest BCUT2D eigenvalue weighted by Gasteiger charge is -2.11. The Kier molecular flexibility index (Phi) is 14.8. The lowest BCUT2D eigenvalue weighted by atomic mass is 10.0. The van der Waals surface area contributed by atoms with Gasteiger partial charge in [-0.2, -0.15) is 0 Å². The first-order valence-electron chi connectivity index (χ1n) is 36.9. The van der Waals surface area contributed by atoms with Gasteiger partial charge in [0.05, 0.1) is 55.5 Å². The van der Waals surface area contributed by atoms with Crippen LogP contribution in [0.1, 0.15) is 0 Å². The predicted octanol–water partition coefficient (Wildman–Crippen LogP) is 26.9. The SMILES string of the molecule is c1ccc(-c2ccc(-c3ccc(-n4c5ccccc5c5cc(-c6ccc7c(c6)c6ccccc6n7-c6ccc7ccccc7c6)ccc54)cc3)cn2)cc1.c1ccc(-c2ccc(-c3cccc(-n4c5ccccc5c5cc(-c6ccc7c(c6)c6ccccc6n7-c6ccc7ccccc7c6)ccc54)n3)cc2)cc1. The minimum atomic E-state index is 0.904. The van der Waals surface area contributed by atoms with Crippen molar-refractivity contribution in [3.05, 3.63) is 401 Å². The zero-order valence-corrected chi connectivity index (χ0v) is 58.8. The normalized spacial score (nSPS) is 11.7. The van der Waals surface area contributed by atoms with Crippen LogP contribution in [0, 0.1) is 0 Å². The molecule has 0 N–H and O–H groups in total. The monoisotopic (exact) mass is 1370 g/mol. The molecular formula is C102H66N6. The number of fused-ring (bicyclic) bond motifs is 14. The molecule has 16 aromatic carbocycles. The summed E-state index contributed by atoms with van der Waals surface area (Å²) in [7, 11) is 0. The van der Waals surface area contributed by atoms with Crippen LogP contribution in [0.25, 0.3) is 199 Å². The first-order chi connectivity index (χ1) is 53.5. The van der Waals surface area contributed by atoms with Crippen molar-refractivity contribution in [1.29, 1.82) is 0 Å². The second-order valence-electron chi connectivity index (χ2n) is 28.1. The molecule has 6 heteroatoms. The van der Waals surface area contributed by atoms with E-state index in [0.29, 0.717) is 0 Å². The van der Waals surface area contributed by atoms with Gasteiger partial charge >= 0.3 is 0 Å². The van der Waals surface area contributed by atoms with E-state index in [1.165, 1.54) is 142 Å². The Morgan fingerprint density at radius 2 is 0.491 bits per heavy atom. The van der Waals surface area contributed by atoms with E-state index in [0.717, 1.165) is 56.2 Å². The standard InChI is InChI=1S/2C51H33N3/c1-2-11-34(12-3-1)36-21-23-37(24-22-36)46-17-10-20-51(52-46)54-48-19-9-7-16-43(48)45-33-40(27-30-50(45)54)39-26-29-49-44(32-39)42-15-6-8-18-47(42)53(49)41-28-25-35-13-4-5-14-38(35)31-41;1-2-11-36(12-3-1)47-27-21-40(33-52-47)35-18-24-41(25-19-35)53-48-16-8-6-14-43(48)45-31-38(22-28-50(45)53)39-23-29-51-46(32-39)44-15-7-9-17-49(44)54(51)42-26-20-34-10-4-5-13-37(34)30-42/h2*1-33H. The smallest absolute Gasteiger partial charge is 0.138 e. The van der Waals surface area contributed by atoms with Crippen molar-refractivity contribution in [2.75, 3.05) is 0 Å². The molecule has 0 fully saturated rings. The second-order valence-corrected chi connectivity index (χ2v) is 28.1. The van der Waals surface area contributed by atoms with E-state index >= 15 is 0 Å². The highest BCUT2D eigenvalue weighted by molar-refractivity contribution is 6.15. The molecule has 108 heavy (non-hydrogen) atoms. The Labute approximate surface area is 623 Å². The summed E-state index contributed by atoms with van der Waals surface area (Å²) in [6, 6.07) is 142. The minimum Gasteiger partial charge on any atom is -0.309 e. The number of nitrogens with zero attached hydrogens (tertiary/aromatic N) is 6. The molecule has 0 aliphatic rings. The van der Waals surface area contributed by atoms with Gasteiger partial charge in [0.2, 0.25) is 0 Å².